The average molecular weight is 421 g/mol. The lowest BCUT2D eigenvalue weighted by atomic mass is 10.4. The first kappa shape index (κ1) is 26.5. The predicted octanol–water partition coefficient (Wildman–Crippen LogP) is 2.60. The van der Waals surface area contributed by atoms with Crippen LogP contribution in [0.4, 0.5) is 0 Å². The van der Waals surface area contributed by atoms with Crippen molar-refractivity contribution in [2.45, 2.75) is 12.8 Å². The molecule has 0 spiro atoms. The highest BCUT2D eigenvalue weighted by Gasteiger charge is 1.91. The molecule has 0 unspecified atom stereocenters. The van der Waals surface area contributed by atoms with Crippen LogP contribution in [-0.2, 0) is 0 Å². The fourth-order valence-electron chi connectivity index (χ4n) is 1.36. The number of halogens is 1. The van der Waals surface area contributed by atoms with Crippen molar-refractivity contribution in [1.29, 1.82) is 0 Å². The van der Waals surface area contributed by atoms with Crippen molar-refractivity contribution in [2.75, 3.05) is 62.3 Å². The van der Waals surface area contributed by atoms with E-state index in [4.69, 9.17) is 11.5 Å². The van der Waals surface area contributed by atoms with Crippen molar-refractivity contribution in [3.63, 3.8) is 0 Å². The minimum atomic E-state index is 0. The summed E-state index contributed by atoms with van der Waals surface area (Å²) in [6.07, 6.45) is 6.68. The second kappa shape index (κ2) is 25.5. The summed E-state index contributed by atoms with van der Waals surface area (Å²) in [7, 11) is 7.72. The third kappa shape index (κ3) is 25.6. The Hall–Kier alpha value is 1.27. The molecular weight excluding hydrogens is 388 g/mol. The van der Waals surface area contributed by atoms with E-state index in [2.05, 4.69) is 22.8 Å². The Morgan fingerprint density at radius 2 is 1.09 bits per heavy atom. The van der Waals surface area contributed by atoms with Gasteiger partial charge >= 0.3 is 0 Å². The number of rotatable bonds is 18. The van der Waals surface area contributed by atoms with Crippen LogP contribution < -0.4 is 22.1 Å². The van der Waals surface area contributed by atoms with Crippen molar-refractivity contribution in [3.8, 4) is 0 Å². The van der Waals surface area contributed by atoms with Gasteiger partial charge in [-0.3, -0.25) is 0 Å². The summed E-state index contributed by atoms with van der Waals surface area (Å²) in [4.78, 5) is 0. The van der Waals surface area contributed by atoms with E-state index in [0.717, 1.165) is 75.1 Å². The molecule has 0 radical (unpaired) electrons. The summed E-state index contributed by atoms with van der Waals surface area (Å²) in [5, 5.41) is 6.77. The van der Waals surface area contributed by atoms with Gasteiger partial charge in [-0.15, -0.1) is 12.4 Å². The lowest BCUT2D eigenvalue weighted by molar-refractivity contribution is 0.683. The molecule has 0 aliphatic rings. The molecule has 0 saturated carbocycles. The monoisotopic (exact) mass is 420 g/mol. The van der Waals surface area contributed by atoms with Crippen LogP contribution in [0.25, 0.3) is 0 Å². The van der Waals surface area contributed by atoms with Gasteiger partial charge < -0.3 is 22.1 Å². The lowest BCUT2D eigenvalue weighted by Gasteiger charge is -2.02. The maximum Gasteiger partial charge on any atom is 0.0218 e. The van der Waals surface area contributed by atoms with Gasteiger partial charge in [0.25, 0.3) is 0 Å². The molecular formula is C14H33ClN4S4. The molecule has 4 nitrogen and oxygen atoms in total. The van der Waals surface area contributed by atoms with Gasteiger partial charge in [-0.25, -0.2) is 0 Å². The summed E-state index contributed by atoms with van der Waals surface area (Å²) in [6.45, 7) is 5.79. The Morgan fingerprint density at radius 1 is 0.652 bits per heavy atom. The van der Waals surface area contributed by atoms with Gasteiger partial charge in [0, 0.05) is 36.1 Å². The van der Waals surface area contributed by atoms with Gasteiger partial charge in [-0.05, 0) is 39.0 Å². The van der Waals surface area contributed by atoms with Crippen molar-refractivity contribution in [3.05, 3.63) is 12.2 Å². The van der Waals surface area contributed by atoms with E-state index in [9.17, 15) is 0 Å². The molecule has 0 aliphatic carbocycles. The van der Waals surface area contributed by atoms with Crippen LogP contribution in [-0.4, -0.2) is 62.3 Å². The Bertz CT molecular complexity index is 217. The van der Waals surface area contributed by atoms with E-state index < -0.39 is 0 Å². The summed E-state index contributed by atoms with van der Waals surface area (Å²) >= 11 is 0. The van der Waals surface area contributed by atoms with Crippen LogP contribution in [0.15, 0.2) is 12.2 Å². The van der Waals surface area contributed by atoms with Gasteiger partial charge in [-0.1, -0.05) is 55.3 Å². The molecule has 9 heteroatoms. The van der Waals surface area contributed by atoms with E-state index >= 15 is 0 Å². The molecule has 0 aliphatic heterocycles. The fraction of sp³-hybridized carbons (Fsp3) is 0.857. The van der Waals surface area contributed by atoms with Crippen molar-refractivity contribution in [1.82, 2.24) is 10.6 Å². The van der Waals surface area contributed by atoms with Gasteiger partial charge in [0.2, 0.25) is 0 Å². The minimum absolute atomic E-state index is 0. The van der Waals surface area contributed by atoms with E-state index in [-0.39, 0.29) is 12.4 Å². The minimum Gasteiger partial charge on any atom is -0.330 e. The largest absolute Gasteiger partial charge is 0.330 e. The predicted molar refractivity (Wildman–Crippen MR) is 119 cm³/mol. The van der Waals surface area contributed by atoms with Crippen LogP contribution in [0, 0.1) is 0 Å². The lowest BCUT2D eigenvalue weighted by Crippen LogP contribution is -2.20. The van der Waals surface area contributed by atoms with E-state index in [0.29, 0.717) is 0 Å². The SMILES string of the molecule is Cl.NCCCNCCSSC/C=C\CSSCCNCCCN. The molecule has 0 saturated heterocycles. The Kier molecular flexibility index (Phi) is 29.4. The molecule has 0 atom stereocenters. The molecule has 6 N–H and O–H groups in total. The van der Waals surface area contributed by atoms with E-state index in [1.54, 1.807) is 0 Å². The standard InChI is InChI=1S/C14H32N4S4.ClH/c15-5-3-7-17-9-13-21-19-11-1-2-12-20-22-14-10-18-8-4-6-16;/h1-2,17-18H,3-16H2;1H/b2-1-;. The molecule has 0 aromatic rings. The van der Waals surface area contributed by atoms with Gasteiger partial charge in [0.1, 0.15) is 0 Å². The number of nitrogens with one attached hydrogen (secondary N) is 2. The highest BCUT2D eigenvalue weighted by Crippen LogP contribution is 2.22. The third-order valence-corrected chi connectivity index (χ3v) is 7.05. The van der Waals surface area contributed by atoms with E-state index in [1.807, 2.05) is 43.2 Å². The molecule has 0 fully saturated rings. The second-order valence-electron chi connectivity index (χ2n) is 4.47. The van der Waals surface area contributed by atoms with Crippen LogP contribution in [0.1, 0.15) is 12.8 Å². The molecule has 0 aromatic carbocycles. The van der Waals surface area contributed by atoms with Gasteiger partial charge in [-0.2, -0.15) is 0 Å². The zero-order chi connectivity index (χ0) is 16.1. The molecule has 0 bridgehead atoms. The van der Waals surface area contributed by atoms with Crippen LogP contribution in [0.3, 0.4) is 0 Å². The summed E-state index contributed by atoms with van der Waals surface area (Å²) in [5.41, 5.74) is 10.9. The normalized spacial score (nSPS) is 11.0. The van der Waals surface area contributed by atoms with Gasteiger partial charge in [0.15, 0.2) is 0 Å². The average Bonchev–Trinajstić information content (AvgIpc) is 2.54. The highest BCUT2D eigenvalue weighted by molar-refractivity contribution is 8.77. The first-order chi connectivity index (χ1) is 10.9. The first-order valence-corrected chi connectivity index (χ1v) is 12.8. The number of nitrogens with two attached hydrogens (primary N) is 2. The Morgan fingerprint density at radius 3 is 1.48 bits per heavy atom. The number of hydrogen-bond acceptors (Lipinski definition) is 8. The maximum absolute atomic E-state index is 5.43. The quantitative estimate of drug-likeness (QED) is 0.153. The zero-order valence-electron chi connectivity index (χ0n) is 13.8. The highest BCUT2D eigenvalue weighted by atomic mass is 35.5. The molecule has 0 heterocycles. The molecule has 0 amide bonds. The van der Waals surface area contributed by atoms with Gasteiger partial charge in [0.05, 0.1) is 0 Å². The first-order valence-electron chi connectivity index (χ1n) is 7.87. The molecule has 0 rings (SSSR count). The number of hydrogen-bond donors (Lipinski definition) is 4. The summed E-state index contributed by atoms with van der Waals surface area (Å²) in [6, 6.07) is 0. The van der Waals surface area contributed by atoms with Crippen molar-refractivity contribution in [2.24, 2.45) is 11.5 Å². The maximum atomic E-state index is 5.43. The molecule has 23 heavy (non-hydrogen) atoms. The summed E-state index contributed by atoms with van der Waals surface area (Å²) in [5.74, 6) is 4.51. The Labute approximate surface area is 164 Å². The van der Waals surface area contributed by atoms with Crippen LogP contribution >= 0.6 is 55.6 Å². The molecule has 0 aromatic heterocycles. The van der Waals surface area contributed by atoms with Crippen LogP contribution in [0.2, 0.25) is 0 Å². The molecule has 140 valence electrons. The van der Waals surface area contributed by atoms with Crippen molar-refractivity contribution >= 4 is 55.6 Å². The summed E-state index contributed by atoms with van der Waals surface area (Å²) < 4.78 is 0. The fourth-order valence-corrected chi connectivity index (χ4v) is 4.93. The van der Waals surface area contributed by atoms with Crippen LogP contribution in [0.5, 0.6) is 0 Å². The van der Waals surface area contributed by atoms with Crippen molar-refractivity contribution < 1.29 is 0 Å². The smallest absolute Gasteiger partial charge is 0.0218 e. The zero-order valence-corrected chi connectivity index (χ0v) is 17.9. The third-order valence-electron chi connectivity index (χ3n) is 2.50. The second-order valence-corrected chi connectivity index (χ2v) is 9.72. The topological polar surface area (TPSA) is 76.1 Å². The van der Waals surface area contributed by atoms with E-state index in [1.165, 1.54) is 0 Å². The Balaban J connectivity index is 0.